The number of benzene rings is 1. The van der Waals surface area contributed by atoms with Crippen molar-refractivity contribution in [3.05, 3.63) is 54.0 Å². The van der Waals surface area contributed by atoms with Crippen LogP contribution in [0.15, 0.2) is 47.6 Å². The highest BCUT2D eigenvalue weighted by Crippen LogP contribution is 2.21. The number of hydrogen-bond acceptors (Lipinski definition) is 3. The van der Waals surface area contributed by atoms with Gasteiger partial charge in [0, 0.05) is 6.20 Å². The molecule has 2 heterocycles. The van der Waals surface area contributed by atoms with Crippen molar-refractivity contribution in [2.24, 2.45) is 0 Å². The lowest BCUT2D eigenvalue weighted by atomic mass is 10.3. The summed E-state index contributed by atoms with van der Waals surface area (Å²) in [6.07, 6.45) is 1.84. The summed E-state index contributed by atoms with van der Waals surface area (Å²) in [7, 11) is 0. The van der Waals surface area contributed by atoms with Crippen molar-refractivity contribution < 1.29 is 0 Å². The van der Waals surface area contributed by atoms with Gasteiger partial charge in [-0.1, -0.05) is 23.9 Å². The molecule has 0 aliphatic carbocycles. The van der Waals surface area contributed by atoms with Crippen molar-refractivity contribution in [2.75, 3.05) is 0 Å². The topological polar surface area (TPSA) is 41.6 Å². The van der Waals surface area contributed by atoms with E-state index in [1.807, 2.05) is 36.5 Å². The van der Waals surface area contributed by atoms with E-state index in [0.717, 1.165) is 27.6 Å². The van der Waals surface area contributed by atoms with Gasteiger partial charge in [-0.25, -0.2) is 9.97 Å². The van der Waals surface area contributed by atoms with Gasteiger partial charge in [0.15, 0.2) is 0 Å². The molecule has 2 aromatic heterocycles. The Morgan fingerprint density at radius 3 is 2.94 bits per heavy atom. The second-order valence-corrected chi connectivity index (χ2v) is 5.16. The number of nitrogens with one attached hydrogen (secondary N) is 1. The maximum atomic E-state index is 4.55. The molecule has 0 atom stereocenters. The van der Waals surface area contributed by atoms with E-state index in [2.05, 4.69) is 27.9 Å². The molecule has 4 heteroatoms. The predicted molar refractivity (Wildman–Crippen MR) is 74.6 cm³/mol. The molecule has 0 aliphatic heterocycles. The van der Waals surface area contributed by atoms with Crippen molar-refractivity contribution in [1.82, 2.24) is 15.0 Å². The zero-order valence-electron chi connectivity index (χ0n) is 10.1. The summed E-state index contributed by atoms with van der Waals surface area (Å²) in [5, 5.41) is 1.04. The minimum Gasteiger partial charge on any atom is -0.341 e. The van der Waals surface area contributed by atoms with Crippen LogP contribution in [0.25, 0.3) is 11.0 Å². The number of aromatic amines is 1. The van der Waals surface area contributed by atoms with Gasteiger partial charge in [0.1, 0.15) is 5.82 Å². The van der Waals surface area contributed by atoms with Crippen LogP contribution in [0.1, 0.15) is 11.4 Å². The van der Waals surface area contributed by atoms with Crippen LogP contribution in [-0.4, -0.2) is 15.0 Å². The fraction of sp³-hybridized carbons (Fsp3) is 0.143. The maximum Gasteiger partial charge on any atom is 0.117 e. The number of para-hydroxylation sites is 2. The normalized spacial score (nSPS) is 10.9. The zero-order valence-corrected chi connectivity index (χ0v) is 10.9. The van der Waals surface area contributed by atoms with Crippen molar-refractivity contribution in [2.45, 2.75) is 17.7 Å². The van der Waals surface area contributed by atoms with Crippen LogP contribution in [0.5, 0.6) is 0 Å². The van der Waals surface area contributed by atoms with Crippen LogP contribution in [0.2, 0.25) is 0 Å². The Kier molecular flexibility index (Phi) is 3.02. The summed E-state index contributed by atoms with van der Waals surface area (Å²) >= 11 is 1.70. The van der Waals surface area contributed by atoms with Crippen LogP contribution in [0.4, 0.5) is 0 Å². The third-order valence-corrected chi connectivity index (χ3v) is 3.62. The number of thioether (sulfide) groups is 1. The van der Waals surface area contributed by atoms with Crippen LogP contribution in [0.3, 0.4) is 0 Å². The van der Waals surface area contributed by atoms with Crippen molar-refractivity contribution in [1.29, 1.82) is 0 Å². The third-order valence-electron chi connectivity index (χ3n) is 2.69. The van der Waals surface area contributed by atoms with Crippen molar-refractivity contribution >= 4 is 22.8 Å². The molecule has 18 heavy (non-hydrogen) atoms. The molecular weight excluding hydrogens is 242 g/mol. The molecule has 1 aromatic carbocycles. The van der Waals surface area contributed by atoms with Gasteiger partial charge in [-0.2, -0.15) is 0 Å². The molecular formula is C14H13N3S. The van der Waals surface area contributed by atoms with Crippen LogP contribution in [-0.2, 0) is 5.75 Å². The molecule has 0 bridgehead atoms. The molecule has 0 aliphatic rings. The standard InChI is InChI=1S/C14H13N3S/c1-10-6-7-15-14(8-10)18-9-13-16-11-4-2-3-5-12(11)17-13/h2-8H,9H2,1H3,(H,16,17). The van der Waals surface area contributed by atoms with E-state index in [9.17, 15) is 0 Å². The molecule has 0 amide bonds. The highest BCUT2D eigenvalue weighted by Gasteiger charge is 2.03. The SMILES string of the molecule is Cc1ccnc(SCc2nc3ccccc3[nH]2)c1. The summed E-state index contributed by atoms with van der Waals surface area (Å²) < 4.78 is 0. The largest absolute Gasteiger partial charge is 0.341 e. The molecule has 0 saturated heterocycles. The average molecular weight is 255 g/mol. The summed E-state index contributed by atoms with van der Waals surface area (Å²) in [5.74, 6) is 1.80. The summed E-state index contributed by atoms with van der Waals surface area (Å²) in [4.78, 5) is 12.2. The van der Waals surface area contributed by atoms with Crippen molar-refractivity contribution in [3.63, 3.8) is 0 Å². The number of nitrogens with zero attached hydrogens (tertiary/aromatic N) is 2. The molecule has 3 nitrogen and oxygen atoms in total. The number of rotatable bonds is 3. The minimum atomic E-state index is 0.811. The summed E-state index contributed by atoms with van der Waals surface area (Å²) in [6.45, 7) is 2.08. The highest BCUT2D eigenvalue weighted by molar-refractivity contribution is 7.98. The average Bonchev–Trinajstić information content (AvgIpc) is 2.79. The molecule has 0 radical (unpaired) electrons. The number of aromatic nitrogens is 3. The Balaban J connectivity index is 1.76. The van der Waals surface area contributed by atoms with Gasteiger partial charge in [0.05, 0.1) is 21.8 Å². The van der Waals surface area contributed by atoms with E-state index >= 15 is 0 Å². The molecule has 90 valence electrons. The molecule has 3 aromatic rings. The van der Waals surface area contributed by atoms with E-state index in [1.54, 1.807) is 11.8 Å². The summed E-state index contributed by atoms with van der Waals surface area (Å²) in [5.41, 5.74) is 3.34. The van der Waals surface area contributed by atoms with Gasteiger partial charge in [-0.05, 0) is 36.8 Å². The number of fused-ring (bicyclic) bond motifs is 1. The third kappa shape index (κ3) is 2.38. The number of aryl methyl sites for hydroxylation is 1. The van der Waals surface area contributed by atoms with Crippen LogP contribution in [0, 0.1) is 6.92 Å². The van der Waals surface area contributed by atoms with Crippen molar-refractivity contribution in [3.8, 4) is 0 Å². The molecule has 1 N–H and O–H groups in total. The summed E-state index contributed by atoms with van der Waals surface area (Å²) in [6, 6.07) is 12.2. The van der Waals surface area contributed by atoms with Gasteiger partial charge < -0.3 is 4.98 Å². The maximum absolute atomic E-state index is 4.55. The lowest BCUT2D eigenvalue weighted by Gasteiger charge is -1.99. The molecule has 0 spiro atoms. The van der Waals surface area contributed by atoms with Crippen LogP contribution < -0.4 is 0 Å². The van der Waals surface area contributed by atoms with E-state index in [-0.39, 0.29) is 0 Å². The van der Waals surface area contributed by atoms with Gasteiger partial charge >= 0.3 is 0 Å². The fourth-order valence-corrected chi connectivity index (χ4v) is 2.63. The lowest BCUT2D eigenvalue weighted by Crippen LogP contribution is -1.86. The quantitative estimate of drug-likeness (QED) is 0.728. The number of hydrogen-bond donors (Lipinski definition) is 1. The minimum absolute atomic E-state index is 0.811. The molecule has 0 fully saturated rings. The smallest absolute Gasteiger partial charge is 0.117 e. The van der Waals surface area contributed by atoms with Gasteiger partial charge in [-0.15, -0.1) is 0 Å². The van der Waals surface area contributed by atoms with E-state index in [0.29, 0.717) is 0 Å². The lowest BCUT2D eigenvalue weighted by molar-refractivity contribution is 1.09. The Bertz CT molecular complexity index is 642. The molecule has 3 rings (SSSR count). The van der Waals surface area contributed by atoms with E-state index < -0.39 is 0 Å². The van der Waals surface area contributed by atoms with Gasteiger partial charge in [-0.3, -0.25) is 0 Å². The number of pyridine rings is 1. The van der Waals surface area contributed by atoms with E-state index in [4.69, 9.17) is 0 Å². The fourth-order valence-electron chi connectivity index (χ4n) is 1.80. The predicted octanol–water partition coefficient (Wildman–Crippen LogP) is 3.56. The monoisotopic (exact) mass is 255 g/mol. The first-order valence-corrected chi connectivity index (χ1v) is 6.79. The van der Waals surface area contributed by atoms with Gasteiger partial charge in [0.25, 0.3) is 0 Å². The molecule has 0 saturated carbocycles. The number of H-pyrrole nitrogens is 1. The zero-order chi connectivity index (χ0) is 12.4. The second-order valence-electron chi connectivity index (χ2n) is 4.16. The van der Waals surface area contributed by atoms with Gasteiger partial charge in [0.2, 0.25) is 0 Å². The van der Waals surface area contributed by atoms with Crippen LogP contribution >= 0.6 is 11.8 Å². The first-order valence-electron chi connectivity index (χ1n) is 5.80. The Labute approximate surface area is 110 Å². The van der Waals surface area contributed by atoms with E-state index in [1.165, 1.54) is 5.56 Å². The highest BCUT2D eigenvalue weighted by atomic mass is 32.2. The first-order chi connectivity index (χ1) is 8.81. The second kappa shape index (κ2) is 4.82. The Morgan fingerprint density at radius 1 is 1.22 bits per heavy atom. The first kappa shape index (κ1) is 11.3. The molecule has 0 unspecified atom stereocenters. The number of imidazole rings is 1. The Morgan fingerprint density at radius 2 is 2.11 bits per heavy atom. The Hall–Kier alpha value is -1.81.